The molecule has 0 spiro atoms. The Labute approximate surface area is 111 Å². The zero-order chi connectivity index (χ0) is 13.8. The molecule has 0 aliphatic carbocycles. The third kappa shape index (κ3) is 3.64. The van der Waals surface area contributed by atoms with Gasteiger partial charge in [-0.15, -0.1) is 0 Å². The quantitative estimate of drug-likeness (QED) is 0.894. The molecule has 0 aromatic carbocycles. The van der Waals surface area contributed by atoms with Crippen molar-refractivity contribution in [2.24, 2.45) is 0 Å². The zero-order valence-corrected chi connectivity index (χ0v) is 11.0. The fourth-order valence-electron chi connectivity index (χ4n) is 1.84. The summed E-state index contributed by atoms with van der Waals surface area (Å²) < 4.78 is 5.54. The van der Waals surface area contributed by atoms with Crippen LogP contribution in [-0.4, -0.2) is 21.0 Å². The maximum absolute atomic E-state index is 10.5. The van der Waals surface area contributed by atoms with Crippen LogP contribution in [0.2, 0.25) is 0 Å². The number of aromatic nitrogens is 2. The van der Waals surface area contributed by atoms with Crippen LogP contribution in [0.1, 0.15) is 30.1 Å². The van der Waals surface area contributed by atoms with E-state index >= 15 is 0 Å². The van der Waals surface area contributed by atoms with E-state index in [0.29, 0.717) is 24.4 Å². The van der Waals surface area contributed by atoms with E-state index in [2.05, 4.69) is 9.97 Å². The van der Waals surface area contributed by atoms with Crippen molar-refractivity contribution >= 4 is 5.97 Å². The topological polar surface area (TPSA) is 76.2 Å². The second kappa shape index (κ2) is 5.65. The first-order chi connectivity index (χ1) is 9.04. The Morgan fingerprint density at radius 1 is 1.32 bits per heavy atom. The van der Waals surface area contributed by atoms with Gasteiger partial charge in [0, 0.05) is 18.5 Å². The first-order valence-corrected chi connectivity index (χ1v) is 6.18. The molecule has 0 unspecified atom stereocenters. The van der Waals surface area contributed by atoms with Gasteiger partial charge in [-0.3, -0.25) is 4.79 Å². The van der Waals surface area contributed by atoms with Gasteiger partial charge in [-0.2, -0.15) is 0 Å². The molecule has 1 N–H and O–H groups in total. The molecule has 19 heavy (non-hydrogen) atoms. The third-order valence-electron chi connectivity index (χ3n) is 2.68. The lowest BCUT2D eigenvalue weighted by atomic mass is 10.2. The highest BCUT2D eigenvalue weighted by atomic mass is 16.4. The Morgan fingerprint density at radius 3 is 2.74 bits per heavy atom. The summed E-state index contributed by atoms with van der Waals surface area (Å²) in [6, 6.07) is 5.62. The van der Waals surface area contributed by atoms with Gasteiger partial charge in [-0.05, 0) is 38.5 Å². The van der Waals surface area contributed by atoms with Crippen molar-refractivity contribution in [1.29, 1.82) is 0 Å². The Balaban J connectivity index is 2.17. The fourth-order valence-corrected chi connectivity index (χ4v) is 1.84. The number of rotatable bonds is 5. The Morgan fingerprint density at radius 2 is 2.11 bits per heavy atom. The van der Waals surface area contributed by atoms with Crippen molar-refractivity contribution in [1.82, 2.24) is 9.97 Å². The Kier molecular flexibility index (Phi) is 3.94. The van der Waals surface area contributed by atoms with E-state index in [-0.39, 0.29) is 6.42 Å². The highest BCUT2D eigenvalue weighted by Crippen LogP contribution is 2.20. The molecule has 0 atom stereocenters. The average Bonchev–Trinajstić information content (AvgIpc) is 2.75. The Bertz CT molecular complexity index is 590. The molecule has 5 heteroatoms. The van der Waals surface area contributed by atoms with E-state index in [1.807, 2.05) is 32.0 Å². The van der Waals surface area contributed by atoms with Gasteiger partial charge in [0.05, 0.1) is 0 Å². The summed E-state index contributed by atoms with van der Waals surface area (Å²) in [5.41, 5.74) is 1.59. The van der Waals surface area contributed by atoms with Gasteiger partial charge >= 0.3 is 5.97 Å². The third-order valence-corrected chi connectivity index (χ3v) is 2.68. The summed E-state index contributed by atoms with van der Waals surface area (Å²) in [5.74, 6) is 1.40. The van der Waals surface area contributed by atoms with Gasteiger partial charge in [-0.1, -0.05) is 0 Å². The van der Waals surface area contributed by atoms with Crippen LogP contribution in [0.3, 0.4) is 0 Å². The molecule has 2 aromatic rings. The van der Waals surface area contributed by atoms with E-state index in [1.165, 1.54) is 0 Å². The summed E-state index contributed by atoms with van der Waals surface area (Å²) in [7, 11) is 0. The minimum atomic E-state index is -0.797. The van der Waals surface area contributed by atoms with Crippen LogP contribution in [0.4, 0.5) is 0 Å². The first kappa shape index (κ1) is 13.3. The zero-order valence-electron chi connectivity index (χ0n) is 11.0. The van der Waals surface area contributed by atoms with Gasteiger partial charge < -0.3 is 9.52 Å². The lowest BCUT2D eigenvalue weighted by molar-refractivity contribution is -0.137. The molecule has 2 aromatic heterocycles. The number of carboxylic acids is 1. The van der Waals surface area contributed by atoms with Crippen LogP contribution in [0.5, 0.6) is 0 Å². The van der Waals surface area contributed by atoms with Crippen LogP contribution in [0, 0.1) is 13.8 Å². The highest BCUT2D eigenvalue weighted by Gasteiger charge is 2.08. The number of aryl methyl sites for hydroxylation is 3. The van der Waals surface area contributed by atoms with Gasteiger partial charge in [-0.25, -0.2) is 9.97 Å². The first-order valence-electron chi connectivity index (χ1n) is 6.18. The maximum atomic E-state index is 10.5. The molecular weight excluding hydrogens is 244 g/mol. The van der Waals surface area contributed by atoms with Crippen molar-refractivity contribution < 1.29 is 14.3 Å². The number of furan rings is 1. The molecule has 0 aliphatic rings. The van der Waals surface area contributed by atoms with Crippen molar-refractivity contribution in [3.8, 4) is 11.5 Å². The molecule has 2 rings (SSSR count). The van der Waals surface area contributed by atoms with Crippen molar-refractivity contribution in [3.63, 3.8) is 0 Å². The van der Waals surface area contributed by atoms with Crippen LogP contribution >= 0.6 is 0 Å². The number of hydrogen-bond acceptors (Lipinski definition) is 4. The summed E-state index contributed by atoms with van der Waals surface area (Å²) in [5, 5.41) is 8.63. The second-order valence-electron chi connectivity index (χ2n) is 4.47. The molecule has 0 saturated carbocycles. The minimum absolute atomic E-state index is 0.131. The molecule has 0 amide bonds. The summed E-state index contributed by atoms with van der Waals surface area (Å²) >= 11 is 0. The minimum Gasteiger partial charge on any atom is -0.481 e. The number of carboxylic acid groups (broad SMARTS) is 1. The molecule has 0 saturated heterocycles. The fraction of sp³-hybridized carbons (Fsp3) is 0.357. The van der Waals surface area contributed by atoms with Crippen LogP contribution in [0.25, 0.3) is 11.5 Å². The smallest absolute Gasteiger partial charge is 0.303 e. The van der Waals surface area contributed by atoms with E-state index in [1.54, 1.807) is 0 Å². The summed E-state index contributed by atoms with van der Waals surface area (Å²) in [6.07, 6.45) is 1.22. The largest absolute Gasteiger partial charge is 0.481 e. The monoisotopic (exact) mass is 260 g/mol. The summed E-state index contributed by atoms with van der Waals surface area (Å²) in [6.45, 7) is 3.77. The Hall–Kier alpha value is -2.17. The standard InChI is InChI=1S/C14H16N2O3/c1-9-8-11(12-7-6-10(2)19-12)16-13(15-9)4-3-5-14(17)18/h6-8H,3-5H2,1-2H3,(H,17,18). The predicted molar refractivity (Wildman–Crippen MR) is 69.8 cm³/mol. The van der Waals surface area contributed by atoms with Crippen molar-refractivity contribution in [2.75, 3.05) is 0 Å². The number of aliphatic carboxylic acids is 1. The van der Waals surface area contributed by atoms with Crippen molar-refractivity contribution in [2.45, 2.75) is 33.1 Å². The van der Waals surface area contributed by atoms with E-state index in [9.17, 15) is 4.79 Å². The number of hydrogen-bond donors (Lipinski definition) is 1. The number of nitrogens with zero attached hydrogens (tertiary/aromatic N) is 2. The molecule has 0 radical (unpaired) electrons. The van der Waals surface area contributed by atoms with E-state index < -0.39 is 5.97 Å². The SMILES string of the molecule is Cc1cc(-c2ccc(C)o2)nc(CCCC(=O)O)n1. The van der Waals surface area contributed by atoms with Crippen LogP contribution < -0.4 is 0 Å². The van der Waals surface area contributed by atoms with Gasteiger partial charge in [0.2, 0.25) is 0 Å². The molecule has 0 bridgehead atoms. The molecule has 2 heterocycles. The predicted octanol–water partition coefficient (Wildman–Crippen LogP) is 2.76. The van der Waals surface area contributed by atoms with Crippen LogP contribution in [-0.2, 0) is 11.2 Å². The molecule has 0 fully saturated rings. The maximum Gasteiger partial charge on any atom is 0.303 e. The van der Waals surface area contributed by atoms with Gasteiger partial charge in [0.1, 0.15) is 17.3 Å². The molecular formula is C14H16N2O3. The average molecular weight is 260 g/mol. The summed E-state index contributed by atoms with van der Waals surface area (Å²) in [4.78, 5) is 19.2. The molecule has 100 valence electrons. The van der Waals surface area contributed by atoms with E-state index in [0.717, 1.165) is 17.1 Å². The van der Waals surface area contributed by atoms with Gasteiger partial charge in [0.15, 0.2) is 5.76 Å². The lowest BCUT2D eigenvalue weighted by Crippen LogP contribution is -2.01. The normalized spacial score (nSPS) is 10.6. The molecule has 0 aliphatic heterocycles. The second-order valence-corrected chi connectivity index (χ2v) is 4.47. The van der Waals surface area contributed by atoms with Crippen molar-refractivity contribution in [3.05, 3.63) is 35.5 Å². The highest BCUT2D eigenvalue weighted by molar-refractivity contribution is 5.66. The lowest BCUT2D eigenvalue weighted by Gasteiger charge is -2.03. The molecule has 5 nitrogen and oxygen atoms in total. The van der Waals surface area contributed by atoms with Crippen LogP contribution in [0.15, 0.2) is 22.6 Å². The van der Waals surface area contributed by atoms with E-state index in [4.69, 9.17) is 9.52 Å². The van der Waals surface area contributed by atoms with Gasteiger partial charge in [0.25, 0.3) is 0 Å². The number of carbonyl (C=O) groups is 1.